The van der Waals surface area contributed by atoms with Gasteiger partial charge in [-0.2, -0.15) is 13.2 Å². The van der Waals surface area contributed by atoms with Crippen molar-refractivity contribution in [1.82, 2.24) is 0 Å². The Morgan fingerprint density at radius 3 is 2.72 bits per heavy atom. The summed E-state index contributed by atoms with van der Waals surface area (Å²) in [6.45, 7) is 0.511. The van der Waals surface area contributed by atoms with Crippen molar-refractivity contribution in [1.29, 1.82) is 0 Å². The molecule has 100 valence electrons. The molecule has 1 unspecified atom stereocenters. The van der Waals surface area contributed by atoms with E-state index in [0.717, 1.165) is 11.3 Å². The summed E-state index contributed by atoms with van der Waals surface area (Å²) in [6, 6.07) is 7.15. The first-order chi connectivity index (χ1) is 8.47. The highest BCUT2D eigenvalue weighted by Gasteiger charge is 2.29. The van der Waals surface area contributed by atoms with Crippen LogP contribution in [0.5, 0.6) is 0 Å². The topological polar surface area (TPSA) is 23.5 Å². The third kappa shape index (κ3) is 3.16. The van der Waals surface area contributed by atoms with Crippen LogP contribution < -0.4 is 4.90 Å². The second kappa shape index (κ2) is 5.18. The number of fused-ring (bicyclic) bond motifs is 1. The molecule has 18 heavy (non-hydrogen) atoms. The molecule has 0 aliphatic carbocycles. The summed E-state index contributed by atoms with van der Waals surface area (Å²) in [5.41, 5.74) is 1.46. The normalized spacial score (nSPS) is 20.4. The molecular formula is C13H16F3NO. The Morgan fingerprint density at radius 1 is 1.28 bits per heavy atom. The molecule has 2 nitrogen and oxygen atoms in total. The van der Waals surface area contributed by atoms with Crippen molar-refractivity contribution in [2.75, 3.05) is 18.0 Å². The highest BCUT2D eigenvalue weighted by atomic mass is 19.4. The molecule has 1 atom stereocenters. The summed E-state index contributed by atoms with van der Waals surface area (Å²) in [7, 11) is 0. The van der Waals surface area contributed by atoms with Crippen molar-refractivity contribution in [3.05, 3.63) is 29.8 Å². The molecule has 2 rings (SSSR count). The molecule has 1 aromatic carbocycles. The van der Waals surface area contributed by atoms with Crippen molar-refractivity contribution in [3.8, 4) is 0 Å². The van der Waals surface area contributed by atoms with Crippen LogP contribution in [0, 0.1) is 0 Å². The fourth-order valence-electron chi connectivity index (χ4n) is 2.30. The van der Waals surface area contributed by atoms with E-state index in [1.807, 2.05) is 0 Å². The van der Waals surface area contributed by atoms with Crippen LogP contribution in [0.15, 0.2) is 24.3 Å². The molecule has 0 saturated carbocycles. The number of rotatable bonds is 2. The summed E-state index contributed by atoms with van der Waals surface area (Å²) >= 11 is 0. The highest BCUT2D eigenvalue weighted by Crippen LogP contribution is 2.33. The Balaban J connectivity index is 2.18. The zero-order valence-corrected chi connectivity index (χ0v) is 9.95. The SMILES string of the molecule is OC1CCCN(CCC(F)(F)F)c2ccccc21. The summed E-state index contributed by atoms with van der Waals surface area (Å²) in [4.78, 5) is 1.72. The van der Waals surface area contributed by atoms with E-state index in [9.17, 15) is 18.3 Å². The molecule has 1 aliphatic heterocycles. The second-order valence-corrected chi connectivity index (χ2v) is 4.57. The standard InChI is InChI=1S/C13H16F3NO/c14-13(15,16)7-9-17-8-3-6-12(18)10-4-1-2-5-11(10)17/h1-2,4-5,12,18H,3,6-9H2. The van der Waals surface area contributed by atoms with Crippen molar-refractivity contribution < 1.29 is 18.3 Å². The summed E-state index contributed by atoms with van der Waals surface area (Å²) in [5.74, 6) is 0. The number of nitrogens with zero attached hydrogens (tertiary/aromatic N) is 1. The van der Waals surface area contributed by atoms with Gasteiger partial charge in [0.25, 0.3) is 0 Å². The number of halogens is 3. The third-order valence-electron chi connectivity index (χ3n) is 3.21. The lowest BCUT2D eigenvalue weighted by atomic mass is 10.0. The number of anilines is 1. The maximum Gasteiger partial charge on any atom is 0.390 e. The first-order valence-corrected chi connectivity index (χ1v) is 6.06. The minimum atomic E-state index is -4.14. The minimum Gasteiger partial charge on any atom is -0.388 e. The third-order valence-corrected chi connectivity index (χ3v) is 3.21. The van der Waals surface area contributed by atoms with E-state index >= 15 is 0 Å². The van der Waals surface area contributed by atoms with E-state index in [0.29, 0.717) is 19.4 Å². The van der Waals surface area contributed by atoms with Crippen LogP contribution in [0.4, 0.5) is 18.9 Å². The lowest BCUT2D eigenvalue weighted by molar-refractivity contribution is -0.132. The fourth-order valence-corrected chi connectivity index (χ4v) is 2.30. The van der Waals surface area contributed by atoms with E-state index in [1.165, 1.54) is 0 Å². The molecule has 1 N–H and O–H groups in total. The quantitative estimate of drug-likeness (QED) is 0.881. The van der Waals surface area contributed by atoms with Crippen molar-refractivity contribution in [2.45, 2.75) is 31.5 Å². The maximum atomic E-state index is 12.3. The van der Waals surface area contributed by atoms with Crippen LogP contribution in [-0.2, 0) is 0 Å². The molecule has 5 heteroatoms. The predicted octanol–water partition coefficient (Wildman–Crippen LogP) is 3.27. The first-order valence-electron chi connectivity index (χ1n) is 6.06. The van der Waals surface area contributed by atoms with Crippen molar-refractivity contribution in [3.63, 3.8) is 0 Å². The number of aliphatic hydroxyl groups is 1. The summed E-state index contributed by atoms with van der Waals surface area (Å²) in [6.07, 6.45) is -4.23. The van der Waals surface area contributed by atoms with Gasteiger partial charge in [0.1, 0.15) is 0 Å². The lowest BCUT2D eigenvalue weighted by Gasteiger charge is -2.25. The molecule has 0 aromatic heterocycles. The van der Waals surface area contributed by atoms with Crippen LogP contribution in [0.1, 0.15) is 30.9 Å². The number of hydrogen-bond donors (Lipinski definition) is 1. The first kappa shape index (κ1) is 13.2. The number of hydrogen-bond acceptors (Lipinski definition) is 2. The van der Waals surface area contributed by atoms with E-state index in [-0.39, 0.29) is 6.54 Å². The van der Waals surface area contributed by atoms with Gasteiger partial charge in [-0.05, 0) is 18.9 Å². The summed E-state index contributed by atoms with van der Waals surface area (Å²) in [5, 5.41) is 9.94. The van der Waals surface area contributed by atoms with Gasteiger partial charge in [0.2, 0.25) is 0 Å². The van der Waals surface area contributed by atoms with Gasteiger partial charge in [-0.1, -0.05) is 18.2 Å². The van der Waals surface area contributed by atoms with Gasteiger partial charge in [0.15, 0.2) is 0 Å². The average Bonchev–Trinajstić information content (AvgIpc) is 2.46. The monoisotopic (exact) mass is 259 g/mol. The smallest absolute Gasteiger partial charge is 0.388 e. The number of benzene rings is 1. The van der Waals surface area contributed by atoms with Gasteiger partial charge in [-0.25, -0.2) is 0 Å². The molecule has 0 bridgehead atoms. The summed E-state index contributed by atoms with van der Waals surface area (Å²) < 4.78 is 36.9. The lowest BCUT2D eigenvalue weighted by Crippen LogP contribution is -2.28. The van der Waals surface area contributed by atoms with E-state index in [2.05, 4.69) is 0 Å². The van der Waals surface area contributed by atoms with Crippen LogP contribution in [-0.4, -0.2) is 24.4 Å². The minimum absolute atomic E-state index is 0.0484. The van der Waals surface area contributed by atoms with E-state index in [1.54, 1.807) is 29.2 Å². The van der Waals surface area contributed by atoms with Crippen molar-refractivity contribution in [2.24, 2.45) is 0 Å². The van der Waals surface area contributed by atoms with Crippen LogP contribution in [0.3, 0.4) is 0 Å². The van der Waals surface area contributed by atoms with Crippen molar-refractivity contribution >= 4 is 5.69 Å². The predicted molar refractivity (Wildman–Crippen MR) is 63.5 cm³/mol. The zero-order valence-electron chi connectivity index (χ0n) is 9.95. The Morgan fingerprint density at radius 2 is 2.00 bits per heavy atom. The molecule has 0 saturated heterocycles. The molecule has 1 aliphatic rings. The number of alkyl halides is 3. The largest absolute Gasteiger partial charge is 0.390 e. The van der Waals surface area contributed by atoms with E-state index in [4.69, 9.17) is 0 Å². The van der Waals surface area contributed by atoms with Gasteiger partial charge >= 0.3 is 6.18 Å². The van der Waals surface area contributed by atoms with E-state index < -0.39 is 18.7 Å². The number of para-hydroxylation sites is 1. The van der Waals surface area contributed by atoms with Gasteiger partial charge in [0.05, 0.1) is 12.5 Å². The fraction of sp³-hybridized carbons (Fsp3) is 0.538. The maximum absolute atomic E-state index is 12.3. The van der Waals surface area contributed by atoms with Crippen LogP contribution in [0.25, 0.3) is 0 Å². The number of aliphatic hydroxyl groups excluding tert-OH is 1. The Hall–Kier alpha value is -1.23. The molecule has 0 spiro atoms. The molecule has 1 heterocycles. The van der Waals surface area contributed by atoms with Crippen LogP contribution >= 0.6 is 0 Å². The molecular weight excluding hydrogens is 243 g/mol. The second-order valence-electron chi connectivity index (χ2n) is 4.57. The molecule has 0 fully saturated rings. The Labute approximate surface area is 104 Å². The average molecular weight is 259 g/mol. The molecule has 0 amide bonds. The Bertz CT molecular complexity index is 405. The highest BCUT2D eigenvalue weighted by molar-refractivity contribution is 5.55. The van der Waals surface area contributed by atoms with Crippen LogP contribution in [0.2, 0.25) is 0 Å². The van der Waals surface area contributed by atoms with Gasteiger partial charge in [-0.3, -0.25) is 0 Å². The van der Waals surface area contributed by atoms with Gasteiger partial charge in [-0.15, -0.1) is 0 Å². The van der Waals surface area contributed by atoms with Gasteiger partial charge in [0, 0.05) is 24.3 Å². The van der Waals surface area contributed by atoms with Gasteiger partial charge < -0.3 is 10.0 Å². The molecule has 1 aromatic rings. The molecule has 0 radical (unpaired) electrons. The Kier molecular flexibility index (Phi) is 3.80. The zero-order chi connectivity index (χ0) is 13.2.